The molecular formula is C26H34ClN5O2. The van der Waals surface area contributed by atoms with E-state index in [2.05, 4.69) is 34.3 Å². The van der Waals surface area contributed by atoms with Crippen LogP contribution in [0.1, 0.15) is 43.5 Å². The molecule has 2 aliphatic rings. The number of rotatable bonds is 7. The lowest BCUT2D eigenvalue weighted by atomic mass is 10.0. The molecule has 1 fully saturated rings. The summed E-state index contributed by atoms with van der Waals surface area (Å²) in [5.41, 5.74) is 1.94. The summed E-state index contributed by atoms with van der Waals surface area (Å²) in [5, 5.41) is 6.38. The van der Waals surface area contributed by atoms with Crippen molar-refractivity contribution in [2.45, 2.75) is 39.2 Å². The molecular weight excluding hydrogens is 450 g/mol. The number of nitrogens with zero attached hydrogens (tertiary/aromatic N) is 3. The lowest BCUT2D eigenvalue weighted by molar-refractivity contribution is 0.102. The molecule has 2 aromatic carbocycles. The second kappa shape index (κ2) is 11.2. The normalized spacial score (nSPS) is 18.2. The molecule has 1 atom stereocenters. The Morgan fingerprint density at radius 1 is 1.15 bits per heavy atom. The number of halogens is 1. The van der Waals surface area contributed by atoms with E-state index in [-0.39, 0.29) is 11.9 Å². The minimum atomic E-state index is -0.296. The van der Waals surface area contributed by atoms with Crippen molar-refractivity contribution in [1.29, 1.82) is 0 Å². The zero-order chi connectivity index (χ0) is 24.1. The number of carbonyl (C=O) groups is 2. The summed E-state index contributed by atoms with van der Waals surface area (Å²) in [6.45, 7) is 9.96. The van der Waals surface area contributed by atoms with Crippen LogP contribution in [0.3, 0.4) is 0 Å². The average molecular weight is 484 g/mol. The number of piperidine rings is 1. The predicted molar refractivity (Wildman–Crippen MR) is 138 cm³/mol. The van der Waals surface area contributed by atoms with Gasteiger partial charge < -0.3 is 15.5 Å². The maximum atomic E-state index is 13.5. The summed E-state index contributed by atoms with van der Waals surface area (Å²) in [7, 11) is 0. The molecule has 2 aromatic rings. The highest BCUT2D eigenvalue weighted by Crippen LogP contribution is 2.42. The molecule has 2 aliphatic heterocycles. The molecule has 1 unspecified atom stereocenters. The number of nitrogens with one attached hydrogen (secondary N) is 2. The fourth-order valence-corrected chi connectivity index (χ4v) is 5.21. The molecule has 7 nitrogen and oxygen atoms in total. The first-order valence-corrected chi connectivity index (χ1v) is 12.6. The van der Waals surface area contributed by atoms with Crippen molar-refractivity contribution in [2.24, 2.45) is 0 Å². The summed E-state index contributed by atoms with van der Waals surface area (Å²) >= 11 is 6.53. The van der Waals surface area contributed by atoms with Crippen molar-refractivity contribution in [3.8, 4) is 0 Å². The number of urea groups is 1. The van der Waals surface area contributed by atoms with E-state index in [0.717, 1.165) is 32.7 Å². The second-order valence-corrected chi connectivity index (χ2v) is 9.25. The van der Waals surface area contributed by atoms with Crippen molar-refractivity contribution in [3.05, 3.63) is 53.1 Å². The van der Waals surface area contributed by atoms with Gasteiger partial charge in [-0.05, 0) is 56.7 Å². The van der Waals surface area contributed by atoms with Gasteiger partial charge in [-0.15, -0.1) is 0 Å². The molecule has 0 saturated carbocycles. The molecule has 2 heterocycles. The Bertz CT molecular complexity index is 1030. The van der Waals surface area contributed by atoms with Crippen LogP contribution in [0.15, 0.2) is 42.5 Å². The van der Waals surface area contributed by atoms with E-state index >= 15 is 0 Å². The third-order valence-electron chi connectivity index (χ3n) is 6.84. The van der Waals surface area contributed by atoms with Crippen LogP contribution in [-0.4, -0.2) is 67.0 Å². The molecule has 8 heteroatoms. The van der Waals surface area contributed by atoms with Crippen molar-refractivity contribution >= 4 is 40.6 Å². The van der Waals surface area contributed by atoms with E-state index in [4.69, 9.17) is 11.6 Å². The van der Waals surface area contributed by atoms with Gasteiger partial charge in [-0.1, -0.05) is 50.1 Å². The molecule has 0 aliphatic carbocycles. The van der Waals surface area contributed by atoms with E-state index in [9.17, 15) is 9.59 Å². The SMILES string of the molecule is CCN(CC)CC1CCCCN1CCNC(=O)N1c2ccccc2C(=O)Nc2cccc(Cl)c21. The van der Waals surface area contributed by atoms with Gasteiger partial charge in [0, 0.05) is 25.7 Å². The number of likely N-dealkylation sites (tertiary alicyclic amines) is 1. The summed E-state index contributed by atoms with van der Waals surface area (Å²) in [6, 6.07) is 12.6. The van der Waals surface area contributed by atoms with Gasteiger partial charge in [-0.3, -0.25) is 14.6 Å². The van der Waals surface area contributed by atoms with Crippen molar-refractivity contribution < 1.29 is 9.59 Å². The number of carbonyl (C=O) groups excluding carboxylic acids is 2. The van der Waals surface area contributed by atoms with Crippen LogP contribution in [0.4, 0.5) is 21.9 Å². The van der Waals surface area contributed by atoms with Gasteiger partial charge >= 0.3 is 6.03 Å². The minimum Gasteiger partial charge on any atom is -0.336 e. The predicted octanol–water partition coefficient (Wildman–Crippen LogP) is 4.95. The van der Waals surface area contributed by atoms with Crippen LogP contribution in [-0.2, 0) is 0 Å². The van der Waals surface area contributed by atoms with E-state index in [1.165, 1.54) is 24.2 Å². The molecule has 0 radical (unpaired) electrons. The number of anilines is 3. The standard InChI is InChI=1S/C26H34ClN5O2/c1-3-30(4-2)18-19-10-7-8-16-31(19)17-15-28-26(34)32-23-14-6-5-11-20(23)25(33)29-22-13-9-12-21(27)24(22)32/h5-6,9,11-14,19H,3-4,7-8,10,15-18H2,1-2H3,(H,28,34)(H,29,33). The Morgan fingerprint density at radius 3 is 2.74 bits per heavy atom. The van der Waals surface area contributed by atoms with Gasteiger partial charge in [0.15, 0.2) is 0 Å². The highest BCUT2D eigenvalue weighted by Gasteiger charge is 2.31. The molecule has 0 aromatic heterocycles. The lowest BCUT2D eigenvalue weighted by Gasteiger charge is -2.38. The summed E-state index contributed by atoms with van der Waals surface area (Å²) in [4.78, 5) is 32.8. The van der Waals surface area contributed by atoms with Crippen molar-refractivity contribution in [2.75, 3.05) is 49.5 Å². The average Bonchev–Trinajstić information content (AvgIpc) is 2.98. The van der Waals surface area contributed by atoms with Gasteiger partial charge in [0.25, 0.3) is 5.91 Å². The first kappa shape index (κ1) is 24.5. The highest BCUT2D eigenvalue weighted by molar-refractivity contribution is 6.36. The molecule has 2 N–H and O–H groups in total. The van der Waals surface area contributed by atoms with Crippen molar-refractivity contribution in [3.63, 3.8) is 0 Å². The second-order valence-electron chi connectivity index (χ2n) is 8.85. The van der Waals surface area contributed by atoms with E-state index < -0.39 is 0 Å². The minimum absolute atomic E-state index is 0.262. The quantitative estimate of drug-likeness (QED) is 0.584. The van der Waals surface area contributed by atoms with Crippen LogP contribution in [0.2, 0.25) is 5.02 Å². The molecule has 3 amide bonds. The Kier molecular flexibility index (Phi) is 8.08. The van der Waals surface area contributed by atoms with E-state index in [1.54, 1.807) is 36.4 Å². The summed E-state index contributed by atoms with van der Waals surface area (Å²) in [5.74, 6) is -0.262. The van der Waals surface area contributed by atoms with Gasteiger partial charge in [0.2, 0.25) is 0 Å². The number of hydrogen-bond acceptors (Lipinski definition) is 4. The lowest BCUT2D eigenvalue weighted by Crippen LogP contribution is -2.49. The maximum absolute atomic E-state index is 13.5. The Balaban J connectivity index is 1.51. The van der Waals surface area contributed by atoms with Crippen LogP contribution in [0.5, 0.6) is 0 Å². The Hall–Kier alpha value is -2.61. The first-order chi connectivity index (χ1) is 16.5. The van der Waals surface area contributed by atoms with Crippen LogP contribution in [0, 0.1) is 0 Å². The zero-order valence-corrected chi connectivity index (χ0v) is 20.8. The van der Waals surface area contributed by atoms with Gasteiger partial charge in [0.05, 0.1) is 27.6 Å². The maximum Gasteiger partial charge on any atom is 0.326 e. The van der Waals surface area contributed by atoms with Crippen molar-refractivity contribution in [1.82, 2.24) is 15.1 Å². The zero-order valence-electron chi connectivity index (χ0n) is 20.0. The molecule has 34 heavy (non-hydrogen) atoms. The van der Waals surface area contributed by atoms with E-state index in [1.807, 2.05) is 6.07 Å². The topological polar surface area (TPSA) is 67.9 Å². The van der Waals surface area contributed by atoms with Crippen LogP contribution >= 0.6 is 11.6 Å². The van der Waals surface area contributed by atoms with Gasteiger partial charge in [-0.25, -0.2) is 4.79 Å². The number of likely N-dealkylation sites (N-methyl/N-ethyl adjacent to an activating group) is 1. The van der Waals surface area contributed by atoms with Crippen LogP contribution < -0.4 is 15.5 Å². The summed E-state index contributed by atoms with van der Waals surface area (Å²) in [6.07, 6.45) is 3.65. The Morgan fingerprint density at radius 2 is 1.94 bits per heavy atom. The van der Waals surface area contributed by atoms with E-state index in [0.29, 0.717) is 40.2 Å². The Labute approximate surface area is 207 Å². The number of fused-ring (bicyclic) bond motifs is 2. The smallest absolute Gasteiger partial charge is 0.326 e. The highest BCUT2D eigenvalue weighted by atomic mass is 35.5. The summed E-state index contributed by atoms with van der Waals surface area (Å²) < 4.78 is 0. The number of hydrogen-bond donors (Lipinski definition) is 2. The fraction of sp³-hybridized carbons (Fsp3) is 0.462. The van der Waals surface area contributed by atoms with Gasteiger partial charge in [0.1, 0.15) is 0 Å². The monoisotopic (exact) mass is 483 g/mol. The number of para-hydroxylation sites is 2. The fourth-order valence-electron chi connectivity index (χ4n) is 4.95. The van der Waals surface area contributed by atoms with Gasteiger partial charge in [-0.2, -0.15) is 0 Å². The third kappa shape index (κ3) is 5.22. The van der Waals surface area contributed by atoms with Crippen LogP contribution in [0.25, 0.3) is 0 Å². The third-order valence-corrected chi connectivity index (χ3v) is 7.14. The largest absolute Gasteiger partial charge is 0.336 e. The molecule has 0 spiro atoms. The molecule has 1 saturated heterocycles. The number of amides is 3. The molecule has 4 rings (SSSR count). The molecule has 0 bridgehead atoms. The number of benzene rings is 2. The first-order valence-electron chi connectivity index (χ1n) is 12.3. The molecule has 182 valence electrons.